The summed E-state index contributed by atoms with van der Waals surface area (Å²) >= 11 is 0. The number of nitrogens with zero attached hydrogens (tertiary/aromatic N) is 2. The highest BCUT2D eigenvalue weighted by molar-refractivity contribution is 7.89. The van der Waals surface area contributed by atoms with Crippen molar-refractivity contribution in [3.05, 3.63) is 53.1 Å². The lowest BCUT2D eigenvalue weighted by molar-refractivity contribution is -0.895. The number of nitrogens with one attached hydrogen (secondary N) is 1. The predicted octanol–water partition coefficient (Wildman–Crippen LogP) is 1.04. The van der Waals surface area contributed by atoms with Crippen LogP contribution < -0.4 is 4.90 Å². The predicted molar refractivity (Wildman–Crippen MR) is 105 cm³/mol. The summed E-state index contributed by atoms with van der Waals surface area (Å²) < 4.78 is 42.0. The Kier molecular flexibility index (Phi) is 6.02. The van der Waals surface area contributed by atoms with Crippen LogP contribution in [-0.2, 0) is 16.6 Å². The third kappa shape index (κ3) is 4.04. The van der Waals surface area contributed by atoms with Crippen molar-refractivity contribution >= 4 is 15.8 Å². The lowest BCUT2D eigenvalue weighted by atomic mass is 10.1. The number of quaternary nitrogens is 1. The number of sulfonamides is 1. The highest BCUT2D eigenvalue weighted by Crippen LogP contribution is 2.17. The van der Waals surface area contributed by atoms with Crippen LogP contribution in [0.3, 0.4) is 0 Å². The molecule has 0 amide bonds. The number of aromatic nitrogens is 1. The molecule has 152 valence electrons. The SMILES string of the molecule is CCn1c(C)cc(C(=O)C[NH+]2CCN(S(=O)(=O)c3ccc(F)cc3)CC2)c1C. The van der Waals surface area contributed by atoms with Crippen LogP contribution in [0.25, 0.3) is 0 Å². The Labute approximate surface area is 165 Å². The van der Waals surface area contributed by atoms with Gasteiger partial charge in [0, 0.05) is 23.5 Å². The van der Waals surface area contributed by atoms with Gasteiger partial charge in [0.15, 0.2) is 0 Å². The molecular weight excluding hydrogens is 381 g/mol. The van der Waals surface area contributed by atoms with Gasteiger partial charge < -0.3 is 9.47 Å². The number of rotatable bonds is 6. The highest BCUT2D eigenvalue weighted by atomic mass is 32.2. The van der Waals surface area contributed by atoms with Crippen molar-refractivity contribution in [3.63, 3.8) is 0 Å². The lowest BCUT2D eigenvalue weighted by Crippen LogP contribution is -3.15. The summed E-state index contributed by atoms with van der Waals surface area (Å²) in [4.78, 5) is 13.9. The number of ketones is 1. The molecule has 0 aliphatic carbocycles. The van der Waals surface area contributed by atoms with Gasteiger partial charge in [-0.1, -0.05) is 0 Å². The monoisotopic (exact) mass is 408 g/mol. The molecule has 0 spiro atoms. The largest absolute Gasteiger partial charge is 0.349 e. The summed E-state index contributed by atoms with van der Waals surface area (Å²) in [6.07, 6.45) is 0. The van der Waals surface area contributed by atoms with Gasteiger partial charge in [-0.15, -0.1) is 0 Å². The number of carbonyl (C=O) groups is 1. The standard InChI is InChI=1S/C20H26FN3O3S/c1-4-24-15(2)13-19(16(24)3)20(25)14-22-9-11-23(12-10-22)28(26,27)18-7-5-17(21)6-8-18/h5-8,13H,4,9-12,14H2,1-3H3/p+1. The van der Waals surface area contributed by atoms with Crippen LogP contribution in [0.2, 0.25) is 0 Å². The second-order valence-electron chi connectivity index (χ2n) is 7.24. The van der Waals surface area contributed by atoms with Gasteiger partial charge in [0.05, 0.1) is 31.1 Å². The molecule has 0 saturated carbocycles. The molecule has 28 heavy (non-hydrogen) atoms. The molecular formula is C20H27FN3O3S+. The van der Waals surface area contributed by atoms with E-state index in [0.29, 0.717) is 32.7 Å². The van der Waals surface area contributed by atoms with Crippen LogP contribution >= 0.6 is 0 Å². The van der Waals surface area contributed by atoms with E-state index in [1.165, 1.54) is 16.4 Å². The summed E-state index contributed by atoms with van der Waals surface area (Å²) in [5.41, 5.74) is 2.82. The van der Waals surface area contributed by atoms with Gasteiger partial charge in [0.1, 0.15) is 12.4 Å². The van der Waals surface area contributed by atoms with Crippen molar-refractivity contribution in [1.82, 2.24) is 8.87 Å². The molecule has 8 heteroatoms. The number of aryl methyl sites for hydroxylation is 1. The Bertz CT molecular complexity index is 959. The van der Waals surface area contributed by atoms with E-state index in [1.807, 2.05) is 19.9 Å². The van der Waals surface area contributed by atoms with Crippen LogP contribution in [0.4, 0.5) is 4.39 Å². The van der Waals surface area contributed by atoms with Crippen LogP contribution in [0, 0.1) is 19.7 Å². The number of Topliss-reactive ketones (excluding diaryl/α,β-unsaturated/α-hetero) is 1. The van der Waals surface area contributed by atoms with E-state index in [1.54, 1.807) is 0 Å². The fraction of sp³-hybridized carbons (Fsp3) is 0.450. The zero-order valence-electron chi connectivity index (χ0n) is 16.5. The number of halogens is 1. The summed E-state index contributed by atoms with van der Waals surface area (Å²) in [6.45, 7) is 9.03. The zero-order chi connectivity index (χ0) is 20.5. The van der Waals surface area contributed by atoms with E-state index in [2.05, 4.69) is 11.5 Å². The zero-order valence-corrected chi connectivity index (χ0v) is 17.4. The van der Waals surface area contributed by atoms with E-state index in [9.17, 15) is 17.6 Å². The number of carbonyl (C=O) groups excluding carboxylic acids is 1. The Morgan fingerprint density at radius 2 is 1.75 bits per heavy atom. The third-order valence-electron chi connectivity index (χ3n) is 5.48. The molecule has 1 saturated heterocycles. The minimum Gasteiger partial charge on any atom is -0.349 e. The van der Waals surface area contributed by atoms with Gasteiger partial charge in [-0.3, -0.25) is 4.79 Å². The average Bonchev–Trinajstić information content (AvgIpc) is 2.96. The molecule has 1 N–H and O–H groups in total. The van der Waals surface area contributed by atoms with Crippen molar-refractivity contribution in [2.45, 2.75) is 32.2 Å². The van der Waals surface area contributed by atoms with Crippen LogP contribution in [0.5, 0.6) is 0 Å². The number of benzene rings is 1. The first-order valence-electron chi connectivity index (χ1n) is 9.53. The number of hydrogen-bond acceptors (Lipinski definition) is 3. The van der Waals surface area contributed by atoms with Crippen molar-refractivity contribution in [1.29, 1.82) is 0 Å². The lowest BCUT2D eigenvalue weighted by Gasteiger charge is -2.31. The van der Waals surface area contributed by atoms with Crippen molar-refractivity contribution < 1.29 is 22.5 Å². The van der Waals surface area contributed by atoms with Crippen LogP contribution in [0.1, 0.15) is 28.7 Å². The maximum atomic E-state index is 13.1. The van der Waals surface area contributed by atoms with Crippen molar-refractivity contribution in [3.8, 4) is 0 Å². The Morgan fingerprint density at radius 3 is 2.29 bits per heavy atom. The van der Waals surface area contributed by atoms with Gasteiger partial charge in [-0.25, -0.2) is 12.8 Å². The van der Waals surface area contributed by atoms with Gasteiger partial charge in [0.2, 0.25) is 15.8 Å². The Morgan fingerprint density at radius 1 is 1.14 bits per heavy atom. The second-order valence-corrected chi connectivity index (χ2v) is 9.17. The maximum Gasteiger partial charge on any atom is 0.243 e. The smallest absolute Gasteiger partial charge is 0.243 e. The van der Waals surface area contributed by atoms with Crippen molar-refractivity contribution in [2.24, 2.45) is 0 Å². The molecule has 2 aromatic rings. The van der Waals surface area contributed by atoms with E-state index >= 15 is 0 Å². The summed E-state index contributed by atoms with van der Waals surface area (Å²) in [5, 5.41) is 0. The molecule has 0 unspecified atom stereocenters. The summed E-state index contributed by atoms with van der Waals surface area (Å²) in [5.74, 6) is -0.369. The van der Waals surface area contributed by atoms with Crippen LogP contribution in [-0.4, -0.2) is 55.8 Å². The van der Waals surface area contributed by atoms with Crippen LogP contribution in [0.15, 0.2) is 35.2 Å². The molecule has 2 heterocycles. The van der Waals surface area contributed by atoms with Gasteiger partial charge in [-0.05, 0) is 51.1 Å². The van der Waals surface area contributed by atoms with E-state index < -0.39 is 15.8 Å². The third-order valence-corrected chi connectivity index (χ3v) is 7.39. The average molecular weight is 409 g/mol. The fourth-order valence-electron chi connectivity index (χ4n) is 3.87. The normalized spacial score (nSPS) is 16.4. The van der Waals surface area contributed by atoms with E-state index in [4.69, 9.17) is 0 Å². The molecule has 0 bridgehead atoms. The topological polar surface area (TPSA) is 63.8 Å². The molecule has 3 rings (SSSR count). The van der Waals surface area contributed by atoms with E-state index in [-0.39, 0.29) is 10.7 Å². The molecule has 1 aromatic carbocycles. The first-order chi connectivity index (χ1) is 13.2. The number of hydrogen-bond donors (Lipinski definition) is 1. The first kappa shape index (κ1) is 20.7. The quantitative estimate of drug-likeness (QED) is 0.727. The Balaban J connectivity index is 1.62. The van der Waals surface area contributed by atoms with Gasteiger partial charge in [0.25, 0.3) is 0 Å². The maximum absolute atomic E-state index is 13.1. The summed E-state index contributed by atoms with van der Waals surface area (Å²) in [7, 11) is -3.63. The molecule has 6 nitrogen and oxygen atoms in total. The first-order valence-corrected chi connectivity index (χ1v) is 11.0. The molecule has 0 atom stereocenters. The molecule has 1 aliphatic rings. The number of piperazine rings is 1. The minimum atomic E-state index is -3.63. The second kappa shape index (κ2) is 8.14. The highest BCUT2D eigenvalue weighted by Gasteiger charge is 2.31. The van der Waals surface area contributed by atoms with Crippen molar-refractivity contribution in [2.75, 3.05) is 32.7 Å². The summed E-state index contributed by atoms with van der Waals surface area (Å²) in [6, 6.07) is 6.82. The Hall–Kier alpha value is -2.03. The van der Waals surface area contributed by atoms with Gasteiger partial charge in [-0.2, -0.15) is 4.31 Å². The minimum absolute atomic E-state index is 0.0950. The molecule has 1 aliphatic heterocycles. The molecule has 0 radical (unpaired) electrons. The molecule has 1 aromatic heterocycles. The molecule has 1 fully saturated rings. The van der Waals surface area contributed by atoms with E-state index in [0.717, 1.165) is 40.5 Å². The fourth-order valence-corrected chi connectivity index (χ4v) is 5.31. The van der Waals surface area contributed by atoms with Gasteiger partial charge >= 0.3 is 0 Å².